The van der Waals surface area contributed by atoms with Gasteiger partial charge in [-0.3, -0.25) is 9.78 Å². The van der Waals surface area contributed by atoms with Crippen LogP contribution in [0.1, 0.15) is 10.5 Å². The van der Waals surface area contributed by atoms with Crippen molar-refractivity contribution in [2.24, 2.45) is 0 Å². The maximum absolute atomic E-state index is 12.4. The summed E-state index contributed by atoms with van der Waals surface area (Å²) in [4.78, 5) is 20.6. The molecule has 21 heavy (non-hydrogen) atoms. The van der Waals surface area contributed by atoms with Gasteiger partial charge in [0.25, 0.3) is 5.91 Å². The Labute approximate surface area is 124 Å². The van der Waals surface area contributed by atoms with Crippen molar-refractivity contribution in [1.82, 2.24) is 9.88 Å². The molecule has 5 heteroatoms. The van der Waals surface area contributed by atoms with Crippen molar-refractivity contribution in [2.45, 2.75) is 0 Å². The number of hydrogen-bond acceptors (Lipinski definition) is 4. The second-order valence-corrected chi connectivity index (χ2v) is 5.09. The molecule has 0 radical (unpaired) electrons. The van der Waals surface area contributed by atoms with E-state index in [0.29, 0.717) is 24.5 Å². The fourth-order valence-corrected chi connectivity index (χ4v) is 2.53. The third-order valence-electron chi connectivity index (χ3n) is 3.69. The molecule has 0 unspecified atom stereocenters. The smallest absolute Gasteiger partial charge is 0.272 e. The van der Waals surface area contributed by atoms with Gasteiger partial charge in [-0.15, -0.1) is 0 Å². The number of hydrogen-bond donors (Lipinski definition) is 1. The summed E-state index contributed by atoms with van der Waals surface area (Å²) < 4.78 is 0. The average Bonchev–Trinajstić information content (AvgIpc) is 2.55. The minimum absolute atomic E-state index is 0.0463. The molecule has 0 spiro atoms. The van der Waals surface area contributed by atoms with E-state index in [-0.39, 0.29) is 5.91 Å². The third kappa shape index (κ3) is 2.97. The fourth-order valence-electron chi connectivity index (χ4n) is 2.53. The minimum atomic E-state index is -0.0463. The van der Waals surface area contributed by atoms with Gasteiger partial charge in [0.1, 0.15) is 5.69 Å². The van der Waals surface area contributed by atoms with Crippen molar-refractivity contribution in [2.75, 3.05) is 36.8 Å². The molecular weight excluding hydrogens is 264 g/mol. The van der Waals surface area contributed by atoms with Crippen LogP contribution in [-0.4, -0.2) is 42.0 Å². The number of amides is 1. The molecule has 108 valence electrons. The highest BCUT2D eigenvalue weighted by atomic mass is 16.2. The van der Waals surface area contributed by atoms with Gasteiger partial charge in [-0.05, 0) is 24.3 Å². The number of pyridine rings is 1. The van der Waals surface area contributed by atoms with E-state index in [2.05, 4.69) is 22.0 Å². The average molecular weight is 282 g/mol. The van der Waals surface area contributed by atoms with Gasteiger partial charge < -0.3 is 15.5 Å². The highest BCUT2D eigenvalue weighted by Gasteiger charge is 2.23. The molecule has 1 aliphatic rings. The molecule has 0 atom stereocenters. The first kappa shape index (κ1) is 13.4. The van der Waals surface area contributed by atoms with Crippen LogP contribution in [0.25, 0.3) is 0 Å². The van der Waals surface area contributed by atoms with Gasteiger partial charge in [-0.1, -0.05) is 18.2 Å². The van der Waals surface area contributed by atoms with Crippen molar-refractivity contribution >= 4 is 17.3 Å². The predicted molar refractivity (Wildman–Crippen MR) is 83.2 cm³/mol. The second kappa shape index (κ2) is 5.83. The molecule has 0 aliphatic carbocycles. The number of rotatable bonds is 2. The van der Waals surface area contributed by atoms with E-state index in [1.54, 1.807) is 18.3 Å². The SMILES string of the molecule is Nc1ccnc(C(=O)N2CCN(c3ccccc3)CC2)c1. The monoisotopic (exact) mass is 282 g/mol. The molecule has 2 heterocycles. The van der Waals surface area contributed by atoms with Gasteiger partial charge in [0, 0.05) is 43.8 Å². The lowest BCUT2D eigenvalue weighted by Crippen LogP contribution is -2.49. The summed E-state index contributed by atoms with van der Waals surface area (Å²) in [6.45, 7) is 3.06. The summed E-state index contributed by atoms with van der Waals surface area (Å²) in [6, 6.07) is 13.6. The molecule has 1 amide bonds. The number of anilines is 2. The number of benzene rings is 1. The Balaban J connectivity index is 1.64. The van der Waals surface area contributed by atoms with Gasteiger partial charge in [0.15, 0.2) is 0 Å². The molecule has 1 aromatic heterocycles. The van der Waals surface area contributed by atoms with E-state index in [1.807, 2.05) is 23.1 Å². The van der Waals surface area contributed by atoms with E-state index in [4.69, 9.17) is 5.73 Å². The number of nitrogen functional groups attached to an aromatic ring is 1. The van der Waals surface area contributed by atoms with E-state index < -0.39 is 0 Å². The number of carbonyl (C=O) groups excluding carboxylic acids is 1. The number of piperazine rings is 1. The summed E-state index contributed by atoms with van der Waals surface area (Å²) in [6.07, 6.45) is 1.57. The zero-order chi connectivity index (χ0) is 14.7. The van der Waals surface area contributed by atoms with Crippen LogP contribution in [0.3, 0.4) is 0 Å². The van der Waals surface area contributed by atoms with Gasteiger partial charge in [0.2, 0.25) is 0 Å². The van der Waals surface area contributed by atoms with Crippen LogP contribution < -0.4 is 10.6 Å². The van der Waals surface area contributed by atoms with Crippen LogP contribution >= 0.6 is 0 Å². The Kier molecular flexibility index (Phi) is 3.73. The van der Waals surface area contributed by atoms with E-state index in [0.717, 1.165) is 13.1 Å². The maximum Gasteiger partial charge on any atom is 0.272 e. The first-order valence-corrected chi connectivity index (χ1v) is 7.05. The van der Waals surface area contributed by atoms with Crippen molar-refractivity contribution < 1.29 is 4.79 Å². The number of aromatic nitrogens is 1. The molecule has 0 bridgehead atoms. The molecular formula is C16H18N4O. The van der Waals surface area contributed by atoms with Crippen molar-refractivity contribution in [3.05, 3.63) is 54.4 Å². The van der Waals surface area contributed by atoms with Crippen LogP contribution in [0.15, 0.2) is 48.7 Å². The van der Waals surface area contributed by atoms with Crippen LogP contribution in [0.2, 0.25) is 0 Å². The Morgan fingerprint density at radius 1 is 1.05 bits per heavy atom. The lowest BCUT2D eigenvalue weighted by molar-refractivity contribution is 0.0741. The summed E-state index contributed by atoms with van der Waals surface area (Å²) in [7, 11) is 0. The van der Waals surface area contributed by atoms with Crippen LogP contribution in [0, 0.1) is 0 Å². The maximum atomic E-state index is 12.4. The fraction of sp³-hybridized carbons (Fsp3) is 0.250. The zero-order valence-corrected chi connectivity index (χ0v) is 11.8. The van der Waals surface area contributed by atoms with Crippen LogP contribution in [0.4, 0.5) is 11.4 Å². The minimum Gasteiger partial charge on any atom is -0.399 e. The van der Waals surface area contributed by atoms with Crippen LogP contribution in [0.5, 0.6) is 0 Å². The van der Waals surface area contributed by atoms with E-state index in [1.165, 1.54) is 5.69 Å². The Morgan fingerprint density at radius 2 is 1.76 bits per heavy atom. The second-order valence-electron chi connectivity index (χ2n) is 5.09. The molecule has 5 nitrogen and oxygen atoms in total. The molecule has 1 saturated heterocycles. The summed E-state index contributed by atoms with van der Waals surface area (Å²) in [5, 5.41) is 0. The van der Waals surface area contributed by atoms with Gasteiger partial charge >= 0.3 is 0 Å². The molecule has 0 saturated carbocycles. The van der Waals surface area contributed by atoms with E-state index >= 15 is 0 Å². The Morgan fingerprint density at radius 3 is 2.43 bits per heavy atom. The van der Waals surface area contributed by atoms with Crippen molar-refractivity contribution in [3.8, 4) is 0 Å². The molecule has 1 aromatic carbocycles. The first-order chi connectivity index (χ1) is 10.2. The molecule has 2 aromatic rings. The van der Waals surface area contributed by atoms with Gasteiger partial charge in [-0.25, -0.2) is 0 Å². The quantitative estimate of drug-likeness (QED) is 0.909. The normalized spacial score (nSPS) is 15.0. The highest BCUT2D eigenvalue weighted by molar-refractivity contribution is 5.93. The lowest BCUT2D eigenvalue weighted by Gasteiger charge is -2.36. The number of carbonyl (C=O) groups is 1. The highest BCUT2D eigenvalue weighted by Crippen LogP contribution is 2.16. The summed E-state index contributed by atoms with van der Waals surface area (Å²) in [5.74, 6) is -0.0463. The Bertz CT molecular complexity index is 621. The summed E-state index contributed by atoms with van der Waals surface area (Å²) >= 11 is 0. The summed E-state index contributed by atoms with van der Waals surface area (Å²) in [5.41, 5.74) is 7.89. The number of nitrogens with zero attached hydrogens (tertiary/aromatic N) is 3. The van der Waals surface area contributed by atoms with Crippen LogP contribution in [-0.2, 0) is 0 Å². The zero-order valence-electron chi connectivity index (χ0n) is 11.8. The molecule has 3 rings (SSSR count). The third-order valence-corrected chi connectivity index (χ3v) is 3.69. The number of nitrogens with two attached hydrogens (primary N) is 1. The largest absolute Gasteiger partial charge is 0.399 e. The predicted octanol–water partition coefficient (Wildman–Crippen LogP) is 1.63. The standard InChI is InChI=1S/C16H18N4O/c17-13-6-7-18-15(12-13)16(21)20-10-8-19(9-11-20)14-4-2-1-3-5-14/h1-7,12H,8-11H2,(H2,17,18). The first-order valence-electron chi connectivity index (χ1n) is 7.05. The molecule has 2 N–H and O–H groups in total. The molecule has 1 fully saturated rings. The van der Waals surface area contributed by atoms with Gasteiger partial charge in [0.05, 0.1) is 0 Å². The van der Waals surface area contributed by atoms with Gasteiger partial charge in [-0.2, -0.15) is 0 Å². The van der Waals surface area contributed by atoms with Crippen molar-refractivity contribution in [3.63, 3.8) is 0 Å². The topological polar surface area (TPSA) is 62.5 Å². The Hall–Kier alpha value is -2.56. The molecule has 1 aliphatic heterocycles. The lowest BCUT2D eigenvalue weighted by atomic mass is 10.2. The van der Waals surface area contributed by atoms with E-state index in [9.17, 15) is 4.79 Å². The van der Waals surface area contributed by atoms with Crippen molar-refractivity contribution in [1.29, 1.82) is 0 Å². The number of para-hydroxylation sites is 1.